The van der Waals surface area contributed by atoms with Crippen LogP contribution in [0.3, 0.4) is 0 Å². The van der Waals surface area contributed by atoms with Gasteiger partial charge in [0.25, 0.3) is 0 Å². The molecule has 0 aliphatic heterocycles. The highest BCUT2D eigenvalue weighted by atomic mass is 15.1. The number of para-hydroxylation sites is 1. The van der Waals surface area contributed by atoms with Crippen LogP contribution in [0.15, 0.2) is 115 Å². The number of nitrogens with zero attached hydrogens (tertiary/aromatic N) is 1. The van der Waals surface area contributed by atoms with E-state index >= 15 is 0 Å². The summed E-state index contributed by atoms with van der Waals surface area (Å²) in [4.78, 5) is 2.50. The van der Waals surface area contributed by atoms with Gasteiger partial charge < -0.3 is 4.90 Å². The lowest BCUT2D eigenvalue weighted by Crippen LogP contribution is -2.73. The van der Waals surface area contributed by atoms with Crippen LogP contribution in [-0.2, 0) is 16.2 Å². The van der Waals surface area contributed by atoms with Crippen LogP contribution in [0.1, 0.15) is 88.5 Å². The van der Waals surface area contributed by atoms with Crippen LogP contribution in [0, 0.1) is 29.1 Å². The second-order valence-corrected chi connectivity index (χ2v) is 18.1. The zero-order valence-electron chi connectivity index (χ0n) is 29.5. The fourth-order valence-corrected chi connectivity index (χ4v) is 13.0. The van der Waals surface area contributed by atoms with E-state index in [0.29, 0.717) is 5.41 Å². The molecule has 0 aromatic heterocycles. The van der Waals surface area contributed by atoms with Crippen molar-refractivity contribution in [3.05, 3.63) is 138 Å². The average Bonchev–Trinajstić information content (AvgIpc) is 3.75. The largest absolute Gasteiger partial charge is 0.310 e. The quantitative estimate of drug-likeness (QED) is 0.189. The van der Waals surface area contributed by atoms with Crippen LogP contribution >= 0.6 is 0 Å². The molecule has 49 heavy (non-hydrogen) atoms. The summed E-state index contributed by atoms with van der Waals surface area (Å²) in [5, 5.41) is 0. The lowest BCUT2D eigenvalue weighted by Gasteiger charge is -2.76. The van der Waals surface area contributed by atoms with Gasteiger partial charge in [0.15, 0.2) is 0 Å². The van der Waals surface area contributed by atoms with Crippen LogP contribution in [0.5, 0.6) is 0 Å². The first-order valence-electron chi connectivity index (χ1n) is 19.1. The molecule has 5 aromatic carbocycles. The van der Waals surface area contributed by atoms with Gasteiger partial charge in [-0.15, -0.1) is 0 Å². The number of rotatable bonds is 4. The topological polar surface area (TPSA) is 3.24 Å². The maximum Gasteiger partial charge on any atom is 0.0465 e. The summed E-state index contributed by atoms with van der Waals surface area (Å²) in [5.41, 5.74) is 16.9. The zero-order chi connectivity index (χ0) is 32.9. The third kappa shape index (κ3) is 3.48. The molecule has 6 aliphatic rings. The highest BCUT2D eigenvalue weighted by Gasteiger charge is 2.84. The average molecular weight is 638 g/mol. The first kappa shape index (κ1) is 28.7. The lowest BCUT2D eigenvalue weighted by molar-refractivity contribution is -0.231. The van der Waals surface area contributed by atoms with E-state index in [-0.39, 0.29) is 16.2 Å². The smallest absolute Gasteiger partial charge is 0.0465 e. The zero-order valence-corrected chi connectivity index (χ0v) is 29.5. The fourth-order valence-electron chi connectivity index (χ4n) is 13.0. The van der Waals surface area contributed by atoms with Crippen molar-refractivity contribution in [1.82, 2.24) is 0 Å². The van der Waals surface area contributed by atoms with Crippen molar-refractivity contribution in [2.75, 3.05) is 4.90 Å². The maximum absolute atomic E-state index is 2.62. The normalized spacial score (nSPS) is 31.3. The van der Waals surface area contributed by atoms with E-state index in [1.165, 1.54) is 89.0 Å². The monoisotopic (exact) mass is 637 g/mol. The Labute approximate surface area is 292 Å². The van der Waals surface area contributed by atoms with Crippen LogP contribution in [0.25, 0.3) is 22.3 Å². The van der Waals surface area contributed by atoms with Crippen molar-refractivity contribution >= 4 is 17.1 Å². The summed E-state index contributed by atoms with van der Waals surface area (Å²) >= 11 is 0. The van der Waals surface area contributed by atoms with Gasteiger partial charge in [-0.05, 0) is 159 Å². The predicted molar refractivity (Wildman–Crippen MR) is 203 cm³/mol. The molecule has 11 rings (SSSR count). The fraction of sp³-hybridized carbons (Fsp3) is 0.375. The molecule has 0 amide bonds. The van der Waals surface area contributed by atoms with Crippen LogP contribution in [0.2, 0.25) is 0 Å². The second-order valence-electron chi connectivity index (χ2n) is 18.1. The summed E-state index contributed by atoms with van der Waals surface area (Å²) in [6.45, 7) is 9.68. The number of anilines is 3. The van der Waals surface area contributed by atoms with Gasteiger partial charge in [-0.25, -0.2) is 0 Å². The second kappa shape index (κ2) is 9.36. The van der Waals surface area contributed by atoms with E-state index in [9.17, 15) is 0 Å². The standard InChI is InChI=1S/C48H47N/c1-45(2)22-23-46(3,4)42-26-32(16-21-40(42)45)31-14-17-35(18-15-31)49(34-10-6-5-7-11-34)36-19-20-38-37-12-8-9-13-39(37)48(41(38)28-36)43-25-30-24-33-27-44(48)47(33,43)29-30/h5-21,26,28,30,33,43-44H,22-25,27,29H2,1-4H3. The molecule has 0 N–H and O–H groups in total. The Morgan fingerprint density at radius 1 is 0.510 bits per heavy atom. The Morgan fingerprint density at radius 3 is 1.96 bits per heavy atom. The number of hydrogen-bond donors (Lipinski definition) is 0. The van der Waals surface area contributed by atoms with E-state index in [1.54, 1.807) is 11.1 Å². The molecule has 6 atom stereocenters. The van der Waals surface area contributed by atoms with Crippen molar-refractivity contribution in [2.45, 2.75) is 82.5 Å². The van der Waals surface area contributed by atoms with Gasteiger partial charge in [0.2, 0.25) is 0 Å². The molecule has 0 radical (unpaired) electrons. The van der Waals surface area contributed by atoms with Crippen molar-refractivity contribution in [1.29, 1.82) is 0 Å². The van der Waals surface area contributed by atoms with Gasteiger partial charge in [0, 0.05) is 22.5 Å². The molecule has 6 unspecified atom stereocenters. The summed E-state index contributed by atoms with van der Waals surface area (Å²) in [6.07, 6.45) is 8.37. The van der Waals surface area contributed by atoms with Crippen LogP contribution in [-0.4, -0.2) is 0 Å². The van der Waals surface area contributed by atoms with E-state index in [1.807, 2.05) is 0 Å². The molecular weight excluding hydrogens is 591 g/mol. The van der Waals surface area contributed by atoms with Crippen molar-refractivity contribution in [2.24, 2.45) is 29.1 Å². The molecule has 2 bridgehead atoms. The van der Waals surface area contributed by atoms with E-state index < -0.39 is 0 Å². The lowest BCUT2D eigenvalue weighted by atomic mass is 9.27. The van der Waals surface area contributed by atoms with E-state index in [0.717, 1.165) is 23.7 Å². The van der Waals surface area contributed by atoms with Gasteiger partial charge in [-0.2, -0.15) is 0 Å². The Morgan fingerprint density at radius 2 is 1.16 bits per heavy atom. The van der Waals surface area contributed by atoms with Crippen molar-refractivity contribution < 1.29 is 0 Å². The third-order valence-corrected chi connectivity index (χ3v) is 15.2. The summed E-state index contributed by atoms with van der Waals surface area (Å²) in [7, 11) is 0. The predicted octanol–water partition coefficient (Wildman–Crippen LogP) is 12.5. The Hall–Kier alpha value is -4.10. The van der Waals surface area contributed by atoms with Crippen molar-refractivity contribution in [3.8, 4) is 22.3 Å². The molecule has 0 saturated heterocycles. The Bertz CT molecular complexity index is 2170. The highest BCUT2D eigenvalue weighted by molar-refractivity contribution is 5.87. The number of hydrogen-bond acceptors (Lipinski definition) is 1. The molecule has 4 saturated carbocycles. The minimum absolute atomic E-state index is 0.202. The maximum atomic E-state index is 2.62. The van der Waals surface area contributed by atoms with Gasteiger partial charge in [-0.3, -0.25) is 0 Å². The van der Waals surface area contributed by atoms with Gasteiger partial charge in [0.1, 0.15) is 0 Å². The van der Waals surface area contributed by atoms with Gasteiger partial charge >= 0.3 is 0 Å². The molecule has 1 heteroatoms. The summed E-state index contributed by atoms with van der Waals surface area (Å²) in [6, 6.07) is 44.6. The van der Waals surface area contributed by atoms with Crippen LogP contribution < -0.4 is 4.90 Å². The molecule has 4 fully saturated rings. The molecule has 5 aromatic rings. The minimum atomic E-state index is 0.202. The van der Waals surface area contributed by atoms with Crippen LogP contribution in [0.4, 0.5) is 17.1 Å². The number of benzene rings is 5. The molecule has 1 nitrogen and oxygen atoms in total. The first-order valence-corrected chi connectivity index (χ1v) is 19.1. The minimum Gasteiger partial charge on any atom is -0.310 e. The molecule has 244 valence electrons. The van der Waals surface area contributed by atoms with Crippen molar-refractivity contribution in [3.63, 3.8) is 0 Å². The Balaban J connectivity index is 1.02. The van der Waals surface area contributed by atoms with E-state index in [2.05, 4.69) is 148 Å². The molecule has 2 spiro atoms. The third-order valence-electron chi connectivity index (χ3n) is 15.2. The highest BCUT2D eigenvalue weighted by Crippen LogP contribution is 2.89. The first-order chi connectivity index (χ1) is 23.7. The summed E-state index contributed by atoms with van der Waals surface area (Å²) in [5.74, 6) is 3.60. The molecular formula is C48H47N. The molecule has 6 aliphatic carbocycles. The van der Waals surface area contributed by atoms with Gasteiger partial charge in [0.05, 0.1) is 0 Å². The SMILES string of the molecule is CC1(C)CCC(C)(C)c2cc(-c3ccc(N(c4ccccc4)c4ccc5c(c4)C4(c6ccccc6-5)C5CC6CC7CC4C75C6)cc3)ccc21. The summed E-state index contributed by atoms with van der Waals surface area (Å²) < 4.78 is 0. The van der Waals surface area contributed by atoms with Gasteiger partial charge in [-0.1, -0.05) is 107 Å². The Kier molecular flexibility index (Phi) is 5.49. The molecule has 0 heterocycles. The number of fused-ring (bicyclic) bond motifs is 9. The van der Waals surface area contributed by atoms with E-state index in [4.69, 9.17) is 0 Å².